The summed E-state index contributed by atoms with van der Waals surface area (Å²) >= 11 is 1.90. The lowest BCUT2D eigenvalue weighted by Crippen LogP contribution is -2.01. The zero-order valence-corrected chi connectivity index (χ0v) is 9.57. The summed E-state index contributed by atoms with van der Waals surface area (Å²) in [6.07, 6.45) is 6.77. The van der Waals surface area contributed by atoms with Gasteiger partial charge in [-0.15, -0.1) is 11.3 Å². The topological polar surface area (TPSA) is 0 Å². The lowest BCUT2D eigenvalue weighted by molar-refractivity contribution is 0.452. The highest BCUT2D eigenvalue weighted by Gasteiger charge is 2.06. The van der Waals surface area contributed by atoms with Gasteiger partial charge in [-0.05, 0) is 23.8 Å². The van der Waals surface area contributed by atoms with E-state index in [4.69, 9.17) is 0 Å². The maximum absolute atomic E-state index is 2.31. The molecule has 1 aromatic heterocycles. The van der Waals surface area contributed by atoms with Crippen LogP contribution in [0.4, 0.5) is 0 Å². The summed E-state index contributed by atoms with van der Waals surface area (Å²) in [5, 5.41) is 2.18. The Morgan fingerprint density at radius 2 is 2.23 bits per heavy atom. The molecule has 0 nitrogen and oxygen atoms in total. The van der Waals surface area contributed by atoms with Crippen molar-refractivity contribution >= 4 is 11.3 Å². The van der Waals surface area contributed by atoms with Crippen LogP contribution in [0.5, 0.6) is 0 Å². The molecule has 1 atom stereocenters. The van der Waals surface area contributed by atoms with Crippen LogP contribution in [0.15, 0.2) is 17.5 Å². The van der Waals surface area contributed by atoms with Crippen molar-refractivity contribution in [1.82, 2.24) is 0 Å². The Balaban J connectivity index is 2.31. The molecule has 0 saturated heterocycles. The molecule has 0 aliphatic rings. The zero-order chi connectivity index (χ0) is 9.52. The SMILES string of the molecule is CCCC[C@@H](CC)Cc1cccs1. The molecule has 13 heavy (non-hydrogen) atoms. The molecule has 0 N–H and O–H groups in total. The summed E-state index contributed by atoms with van der Waals surface area (Å²) < 4.78 is 0. The van der Waals surface area contributed by atoms with Crippen molar-refractivity contribution in [3.05, 3.63) is 22.4 Å². The van der Waals surface area contributed by atoms with Gasteiger partial charge in [0.15, 0.2) is 0 Å². The summed E-state index contributed by atoms with van der Waals surface area (Å²) in [6, 6.07) is 4.42. The minimum atomic E-state index is 0.915. The van der Waals surface area contributed by atoms with Crippen molar-refractivity contribution in [3.8, 4) is 0 Å². The number of rotatable bonds is 6. The van der Waals surface area contributed by atoms with Gasteiger partial charge in [0, 0.05) is 4.88 Å². The van der Waals surface area contributed by atoms with Crippen LogP contribution in [-0.2, 0) is 6.42 Å². The molecular formula is C12H20S. The van der Waals surface area contributed by atoms with Crippen molar-refractivity contribution in [2.75, 3.05) is 0 Å². The molecule has 0 spiro atoms. The summed E-state index contributed by atoms with van der Waals surface area (Å²) in [7, 11) is 0. The second kappa shape index (κ2) is 6.20. The van der Waals surface area contributed by atoms with Crippen molar-refractivity contribution in [1.29, 1.82) is 0 Å². The van der Waals surface area contributed by atoms with Crippen molar-refractivity contribution in [3.63, 3.8) is 0 Å². The first-order valence-electron chi connectivity index (χ1n) is 5.39. The first-order chi connectivity index (χ1) is 6.36. The van der Waals surface area contributed by atoms with Crippen LogP contribution in [0.25, 0.3) is 0 Å². The van der Waals surface area contributed by atoms with Crippen LogP contribution < -0.4 is 0 Å². The Hall–Kier alpha value is -0.300. The third-order valence-electron chi connectivity index (χ3n) is 2.61. The maximum Gasteiger partial charge on any atom is 0.00479 e. The monoisotopic (exact) mass is 196 g/mol. The average molecular weight is 196 g/mol. The fourth-order valence-electron chi connectivity index (χ4n) is 1.66. The van der Waals surface area contributed by atoms with E-state index in [1.54, 1.807) is 4.88 Å². The van der Waals surface area contributed by atoms with Crippen LogP contribution in [0.2, 0.25) is 0 Å². The molecule has 0 bridgehead atoms. The third-order valence-corrected chi connectivity index (χ3v) is 3.51. The molecule has 1 aromatic rings. The van der Waals surface area contributed by atoms with Gasteiger partial charge < -0.3 is 0 Å². The van der Waals surface area contributed by atoms with E-state index in [2.05, 4.69) is 31.4 Å². The minimum absolute atomic E-state index is 0.915. The molecule has 0 amide bonds. The number of thiophene rings is 1. The summed E-state index contributed by atoms with van der Waals surface area (Å²) in [5.41, 5.74) is 0. The molecular weight excluding hydrogens is 176 g/mol. The third kappa shape index (κ3) is 3.95. The van der Waals surface area contributed by atoms with Gasteiger partial charge in [0.1, 0.15) is 0 Å². The molecule has 0 aliphatic carbocycles. The van der Waals surface area contributed by atoms with Gasteiger partial charge in [0.2, 0.25) is 0 Å². The van der Waals surface area contributed by atoms with Gasteiger partial charge in [-0.25, -0.2) is 0 Å². The van der Waals surface area contributed by atoms with E-state index in [0.717, 1.165) is 5.92 Å². The van der Waals surface area contributed by atoms with Gasteiger partial charge >= 0.3 is 0 Å². The smallest absolute Gasteiger partial charge is 0.00479 e. The van der Waals surface area contributed by atoms with Gasteiger partial charge in [-0.2, -0.15) is 0 Å². The quantitative estimate of drug-likeness (QED) is 0.628. The van der Waals surface area contributed by atoms with Crippen molar-refractivity contribution < 1.29 is 0 Å². The van der Waals surface area contributed by atoms with Crippen molar-refractivity contribution in [2.24, 2.45) is 5.92 Å². The van der Waals surface area contributed by atoms with E-state index in [-0.39, 0.29) is 0 Å². The molecule has 0 fully saturated rings. The van der Waals surface area contributed by atoms with Crippen LogP contribution in [0, 0.1) is 5.92 Å². The van der Waals surface area contributed by atoms with Gasteiger partial charge in [-0.3, -0.25) is 0 Å². The van der Waals surface area contributed by atoms with Crippen molar-refractivity contribution in [2.45, 2.75) is 46.0 Å². The summed E-state index contributed by atoms with van der Waals surface area (Å²) in [6.45, 7) is 4.59. The molecule has 1 heteroatoms. The zero-order valence-electron chi connectivity index (χ0n) is 8.75. The maximum atomic E-state index is 2.31. The standard InChI is InChI=1S/C12H20S/c1-3-5-7-11(4-2)10-12-8-6-9-13-12/h6,8-9,11H,3-5,7,10H2,1-2H3/t11-/m1/s1. The Labute approximate surface area is 86.0 Å². The predicted molar refractivity (Wildman–Crippen MR) is 61.3 cm³/mol. The Kier molecular flexibility index (Phi) is 5.14. The molecule has 0 saturated carbocycles. The van der Waals surface area contributed by atoms with E-state index in [1.807, 2.05) is 11.3 Å². The fraction of sp³-hybridized carbons (Fsp3) is 0.667. The highest BCUT2D eigenvalue weighted by Crippen LogP contribution is 2.21. The van der Waals surface area contributed by atoms with Crippen LogP contribution in [0.1, 0.15) is 44.4 Å². The highest BCUT2D eigenvalue weighted by atomic mass is 32.1. The second-order valence-electron chi connectivity index (χ2n) is 3.70. The molecule has 74 valence electrons. The Morgan fingerprint density at radius 1 is 1.38 bits per heavy atom. The number of unbranched alkanes of at least 4 members (excludes halogenated alkanes) is 1. The van der Waals surface area contributed by atoms with Crippen LogP contribution >= 0.6 is 11.3 Å². The molecule has 0 aromatic carbocycles. The van der Waals surface area contributed by atoms with E-state index < -0.39 is 0 Å². The first-order valence-corrected chi connectivity index (χ1v) is 6.27. The average Bonchev–Trinajstić information content (AvgIpc) is 2.64. The Morgan fingerprint density at radius 3 is 2.77 bits per heavy atom. The summed E-state index contributed by atoms with van der Waals surface area (Å²) in [4.78, 5) is 1.56. The van der Waals surface area contributed by atoms with E-state index in [1.165, 1.54) is 32.1 Å². The predicted octanol–water partition coefficient (Wildman–Crippen LogP) is 4.51. The van der Waals surface area contributed by atoms with Crippen LogP contribution in [0.3, 0.4) is 0 Å². The number of hydrogen-bond acceptors (Lipinski definition) is 1. The van der Waals surface area contributed by atoms with Gasteiger partial charge in [-0.1, -0.05) is 45.6 Å². The lowest BCUT2D eigenvalue weighted by Gasteiger charge is -2.12. The molecule has 1 heterocycles. The van der Waals surface area contributed by atoms with Gasteiger partial charge in [0.25, 0.3) is 0 Å². The Bertz CT molecular complexity index is 201. The lowest BCUT2D eigenvalue weighted by atomic mass is 9.95. The largest absolute Gasteiger partial charge is 0.149 e. The minimum Gasteiger partial charge on any atom is -0.149 e. The van der Waals surface area contributed by atoms with Gasteiger partial charge in [0.05, 0.1) is 0 Å². The van der Waals surface area contributed by atoms with E-state index in [0.29, 0.717) is 0 Å². The van der Waals surface area contributed by atoms with E-state index >= 15 is 0 Å². The van der Waals surface area contributed by atoms with E-state index in [9.17, 15) is 0 Å². The normalized spacial score (nSPS) is 13.1. The first kappa shape index (κ1) is 10.8. The molecule has 0 aliphatic heterocycles. The second-order valence-corrected chi connectivity index (χ2v) is 4.73. The molecule has 1 rings (SSSR count). The highest BCUT2D eigenvalue weighted by molar-refractivity contribution is 7.09. The van der Waals surface area contributed by atoms with Crippen LogP contribution in [-0.4, -0.2) is 0 Å². The number of hydrogen-bond donors (Lipinski definition) is 0. The fourth-order valence-corrected chi connectivity index (χ4v) is 2.48. The summed E-state index contributed by atoms with van der Waals surface area (Å²) in [5.74, 6) is 0.915. The molecule has 0 unspecified atom stereocenters. The molecule has 0 radical (unpaired) electrons.